The van der Waals surface area contributed by atoms with Crippen molar-refractivity contribution in [3.05, 3.63) is 65.2 Å². The van der Waals surface area contributed by atoms with Gasteiger partial charge >= 0.3 is 0 Å². The smallest absolute Gasteiger partial charge is 0.227 e. The number of fused-ring (bicyclic) bond motifs is 2. The van der Waals surface area contributed by atoms with E-state index in [1.807, 2.05) is 41.3 Å². The van der Waals surface area contributed by atoms with Gasteiger partial charge in [-0.25, -0.2) is 0 Å². The molecule has 0 spiro atoms. The molecule has 2 aromatic rings. The molecular formula is C26H32N2O2. The molecule has 1 N–H and O–H groups in total. The highest BCUT2D eigenvalue weighted by Crippen LogP contribution is 2.29. The van der Waals surface area contributed by atoms with Crippen LogP contribution in [-0.2, 0) is 16.1 Å². The average molecular weight is 405 g/mol. The number of unbranched alkanes of at least 4 members (excludes halogenated alkanes) is 3. The van der Waals surface area contributed by atoms with Crippen molar-refractivity contribution in [2.24, 2.45) is 0 Å². The second kappa shape index (κ2) is 11.3. The molecular weight excluding hydrogens is 372 g/mol. The number of carbonyl (C=O) groups is 2. The molecule has 2 aromatic carbocycles. The summed E-state index contributed by atoms with van der Waals surface area (Å²) in [6.07, 6.45) is 9.92. The van der Waals surface area contributed by atoms with E-state index in [2.05, 4.69) is 36.5 Å². The molecule has 4 heteroatoms. The molecule has 0 aliphatic carbocycles. The summed E-state index contributed by atoms with van der Waals surface area (Å²) in [6.45, 7) is 3.47. The lowest BCUT2D eigenvalue weighted by Gasteiger charge is -2.27. The lowest BCUT2D eigenvalue weighted by atomic mass is 10.0. The standard InChI is InChI=1S/C26H32N2O2/c1-2-3-10-19-27-25(29)15-8-9-16-26(30)28-20-23-13-5-4-11-21(23)17-18-22-12-6-7-14-24(22)28/h4-7,11-14,17-18H,2-3,8-10,15-16,19-20H2,1H3,(H,27,29)/b18-17-. The highest BCUT2D eigenvalue weighted by molar-refractivity contribution is 5.97. The van der Waals surface area contributed by atoms with E-state index in [-0.39, 0.29) is 11.8 Å². The summed E-state index contributed by atoms with van der Waals surface area (Å²) < 4.78 is 0. The molecule has 0 saturated carbocycles. The van der Waals surface area contributed by atoms with E-state index in [0.717, 1.165) is 61.0 Å². The summed E-state index contributed by atoms with van der Waals surface area (Å²) >= 11 is 0. The Morgan fingerprint density at radius 3 is 2.40 bits per heavy atom. The van der Waals surface area contributed by atoms with Crippen LogP contribution in [0.25, 0.3) is 12.2 Å². The predicted octanol–water partition coefficient (Wildman–Crippen LogP) is 5.57. The van der Waals surface area contributed by atoms with Crippen LogP contribution < -0.4 is 10.2 Å². The molecule has 4 nitrogen and oxygen atoms in total. The molecule has 0 aromatic heterocycles. The third kappa shape index (κ3) is 6.06. The minimum Gasteiger partial charge on any atom is -0.356 e. The number of rotatable bonds is 9. The van der Waals surface area contributed by atoms with Crippen molar-refractivity contribution in [1.29, 1.82) is 0 Å². The van der Waals surface area contributed by atoms with Gasteiger partial charge in [0.25, 0.3) is 0 Å². The fourth-order valence-electron chi connectivity index (χ4n) is 3.76. The first-order valence-electron chi connectivity index (χ1n) is 11.1. The Morgan fingerprint density at radius 1 is 0.867 bits per heavy atom. The fourth-order valence-corrected chi connectivity index (χ4v) is 3.76. The maximum atomic E-state index is 13.1. The van der Waals surface area contributed by atoms with E-state index in [1.54, 1.807) is 0 Å². The maximum Gasteiger partial charge on any atom is 0.227 e. The van der Waals surface area contributed by atoms with E-state index in [1.165, 1.54) is 0 Å². The van der Waals surface area contributed by atoms with Crippen molar-refractivity contribution in [2.75, 3.05) is 11.4 Å². The Hall–Kier alpha value is -2.88. The Labute approximate surface area is 180 Å². The molecule has 0 atom stereocenters. The van der Waals surface area contributed by atoms with Crippen molar-refractivity contribution in [3.63, 3.8) is 0 Å². The van der Waals surface area contributed by atoms with E-state index < -0.39 is 0 Å². The Balaban J connectivity index is 1.58. The number of anilines is 1. The summed E-state index contributed by atoms with van der Waals surface area (Å²) in [5.74, 6) is 0.199. The van der Waals surface area contributed by atoms with Gasteiger partial charge in [-0.2, -0.15) is 0 Å². The van der Waals surface area contributed by atoms with Gasteiger partial charge in [0.1, 0.15) is 0 Å². The topological polar surface area (TPSA) is 49.4 Å². The van der Waals surface area contributed by atoms with Crippen LogP contribution >= 0.6 is 0 Å². The number of para-hydroxylation sites is 1. The number of benzene rings is 2. The molecule has 0 bridgehead atoms. The largest absolute Gasteiger partial charge is 0.356 e. The van der Waals surface area contributed by atoms with Crippen LogP contribution in [0.2, 0.25) is 0 Å². The van der Waals surface area contributed by atoms with E-state index in [4.69, 9.17) is 0 Å². The van der Waals surface area contributed by atoms with E-state index in [9.17, 15) is 9.59 Å². The molecule has 0 saturated heterocycles. The Bertz CT molecular complexity index is 888. The van der Waals surface area contributed by atoms with Gasteiger partial charge in [-0.05, 0) is 42.0 Å². The second-order valence-electron chi connectivity index (χ2n) is 7.84. The Kier molecular flexibility index (Phi) is 8.25. The first-order chi connectivity index (χ1) is 14.7. The maximum absolute atomic E-state index is 13.1. The molecule has 0 fully saturated rings. The second-order valence-corrected chi connectivity index (χ2v) is 7.84. The van der Waals surface area contributed by atoms with Crippen LogP contribution in [0.3, 0.4) is 0 Å². The number of nitrogens with one attached hydrogen (secondary N) is 1. The average Bonchev–Trinajstić information content (AvgIpc) is 2.76. The van der Waals surface area contributed by atoms with Gasteiger partial charge in [0.05, 0.1) is 12.2 Å². The number of hydrogen-bond donors (Lipinski definition) is 1. The quantitative estimate of drug-likeness (QED) is 0.556. The van der Waals surface area contributed by atoms with Crippen LogP contribution in [0.5, 0.6) is 0 Å². The molecule has 1 aliphatic rings. The fraction of sp³-hybridized carbons (Fsp3) is 0.385. The zero-order valence-electron chi connectivity index (χ0n) is 17.9. The van der Waals surface area contributed by atoms with Gasteiger partial charge in [-0.15, -0.1) is 0 Å². The number of hydrogen-bond acceptors (Lipinski definition) is 2. The van der Waals surface area contributed by atoms with Crippen LogP contribution in [0.1, 0.15) is 68.6 Å². The zero-order valence-corrected chi connectivity index (χ0v) is 17.9. The third-order valence-corrected chi connectivity index (χ3v) is 5.50. The van der Waals surface area contributed by atoms with Crippen molar-refractivity contribution >= 4 is 29.7 Å². The van der Waals surface area contributed by atoms with Crippen molar-refractivity contribution in [1.82, 2.24) is 5.32 Å². The molecule has 1 heterocycles. The molecule has 30 heavy (non-hydrogen) atoms. The molecule has 158 valence electrons. The normalized spacial score (nSPS) is 13.6. The molecule has 3 rings (SSSR count). The first kappa shape index (κ1) is 21.8. The van der Waals surface area contributed by atoms with Gasteiger partial charge in [0, 0.05) is 19.4 Å². The molecule has 0 radical (unpaired) electrons. The van der Waals surface area contributed by atoms with Crippen LogP contribution in [0.4, 0.5) is 5.69 Å². The number of nitrogens with zero attached hydrogens (tertiary/aromatic N) is 1. The SMILES string of the molecule is CCCCCNC(=O)CCCCC(=O)N1Cc2ccccc2/C=C\c2ccccc21. The minimum atomic E-state index is 0.0919. The van der Waals surface area contributed by atoms with Gasteiger partial charge in [-0.3, -0.25) is 9.59 Å². The van der Waals surface area contributed by atoms with Crippen molar-refractivity contribution < 1.29 is 9.59 Å². The van der Waals surface area contributed by atoms with Gasteiger partial charge < -0.3 is 10.2 Å². The lowest BCUT2D eigenvalue weighted by Crippen LogP contribution is -2.31. The molecule has 1 aliphatic heterocycles. The summed E-state index contributed by atoms with van der Waals surface area (Å²) in [5.41, 5.74) is 4.28. The van der Waals surface area contributed by atoms with Crippen LogP contribution in [-0.4, -0.2) is 18.4 Å². The third-order valence-electron chi connectivity index (χ3n) is 5.50. The van der Waals surface area contributed by atoms with E-state index >= 15 is 0 Å². The lowest BCUT2D eigenvalue weighted by molar-refractivity contribution is -0.122. The Morgan fingerprint density at radius 2 is 1.57 bits per heavy atom. The summed E-state index contributed by atoms with van der Waals surface area (Å²) in [5, 5.41) is 2.97. The highest BCUT2D eigenvalue weighted by Gasteiger charge is 2.20. The number of amides is 2. The van der Waals surface area contributed by atoms with Crippen LogP contribution in [0.15, 0.2) is 48.5 Å². The number of carbonyl (C=O) groups excluding carboxylic acids is 2. The van der Waals surface area contributed by atoms with Gasteiger partial charge in [0.15, 0.2) is 0 Å². The van der Waals surface area contributed by atoms with Gasteiger partial charge in [-0.1, -0.05) is 74.4 Å². The molecule has 2 amide bonds. The highest BCUT2D eigenvalue weighted by atomic mass is 16.2. The first-order valence-corrected chi connectivity index (χ1v) is 11.1. The summed E-state index contributed by atoms with van der Waals surface area (Å²) in [4.78, 5) is 26.9. The predicted molar refractivity (Wildman–Crippen MR) is 124 cm³/mol. The van der Waals surface area contributed by atoms with Crippen LogP contribution in [0, 0.1) is 0 Å². The molecule has 0 unspecified atom stereocenters. The van der Waals surface area contributed by atoms with Crippen molar-refractivity contribution in [3.8, 4) is 0 Å². The summed E-state index contributed by atoms with van der Waals surface area (Å²) in [7, 11) is 0. The monoisotopic (exact) mass is 404 g/mol. The summed E-state index contributed by atoms with van der Waals surface area (Å²) in [6, 6.07) is 16.2. The minimum absolute atomic E-state index is 0.0919. The van der Waals surface area contributed by atoms with Crippen molar-refractivity contribution in [2.45, 2.75) is 58.4 Å². The van der Waals surface area contributed by atoms with E-state index in [0.29, 0.717) is 19.4 Å². The van der Waals surface area contributed by atoms with Gasteiger partial charge in [0.2, 0.25) is 11.8 Å². The zero-order chi connectivity index (χ0) is 21.2.